The third-order valence-electron chi connectivity index (χ3n) is 2.94. The summed E-state index contributed by atoms with van der Waals surface area (Å²) >= 11 is 3.17. The molecule has 0 amide bonds. The van der Waals surface area contributed by atoms with Crippen LogP contribution < -0.4 is 0 Å². The summed E-state index contributed by atoms with van der Waals surface area (Å²) in [5, 5.41) is 18.6. The zero-order chi connectivity index (χ0) is 14.8. The highest BCUT2D eigenvalue weighted by Gasteiger charge is 2.52. The van der Waals surface area contributed by atoms with Crippen molar-refractivity contribution in [1.29, 1.82) is 0 Å². The van der Waals surface area contributed by atoms with Crippen LogP contribution in [0.4, 0.5) is 0 Å². The SMILES string of the molecule is CC1=CC=C(C(=O)O)C(Br)C1(OCC(C)C)C(=O)O. The second-order valence-electron chi connectivity index (χ2n) is 4.89. The molecule has 0 aromatic rings. The molecule has 106 valence electrons. The lowest BCUT2D eigenvalue weighted by atomic mass is 9.83. The number of hydrogen-bond donors (Lipinski definition) is 2. The van der Waals surface area contributed by atoms with Crippen molar-refractivity contribution in [3.63, 3.8) is 0 Å². The van der Waals surface area contributed by atoms with Gasteiger partial charge in [0.2, 0.25) is 5.60 Å². The van der Waals surface area contributed by atoms with Crippen LogP contribution >= 0.6 is 15.9 Å². The van der Waals surface area contributed by atoms with Gasteiger partial charge in [-0.25, -0.2) is 9.59 Å². The van der Waals surface area contributed by atoms with E-state index in [1.165, 1.54) is 12.2 Å². The van der Waals surface area contributed by atoms with E-state index in [1.54, 1.807) is 6.92 Å². The Morgan fingerprint density at radius 1 is 1.42 bits per heavy atom. The molecule has 6 heteroatoms. The van der Waals surface area contributed by atoms with Gasteiger partial charge >= 0.3 is 11.9 Å². The van der Waals surface area contributed by atoms with E-state index in [4.69, 9.17) is 9.84 Å². The van der Waals surface area contributed by atoms with E-state index in [0.717, 1.165) is 0 Å². The third-order valence-corrected chi connectivity index (χ3v) is 4.08. The van der Waals surface area contributed by atoms with Crippen LogP contribution in [-0.2, 0) is 14.3 Å². The van der Waals surface area contributed by atoms with Gasteiger partial charge in [0.15, 0.2) is 0 Å². The second-order valence-corrected chi connectivity index (χ2v) is 5.80. The summed E-state index contributed by atoms with van der Waals surface area (Å²) in [4.78, 5) is 21.9. The molecule has 19 heavy (non-hydrogen) atoms. The highest BCUT2D eigenvalue weighted by molar-refractivity contribution is 9.09. The molecule has 0 spiro atoms. The smallest absolute Gasteiger partial charge is 0.341 e. The van der Waals surface area contributed by atoms with E-state index in [0.29, 0.717) is 5.57 Å². The lowest BCUT2D eigenvalue weighted by Gasteiger charge is -2.37. The van der Waals surface area contributed by atoms with Crippen LogP contribution in [0.5, 0.6) is 0 Å². The molecule has 0 aromatic heterocycles. The molecule has 1 aliphatic carbocycles. The van der Waals surface area contributed by atoms with Crippen molar-refractivity contribution < 1.29 is 24.5 Å². The quantitative estimate of drug-likeness (QED) is 0.754. The van der Waals surface area contributed by atoms with Crippen LogP contribution in [0, 0.1) is 5.92 Å². The fraction of sp³-hybridized carbons (Fsp3) is 0.538. The number of carboxylic acids is 2. The minimum Gasteiger partial charge on any atom is -0.479 e. The van der Waals surface area contributed by atoms with E-state index < -0.39 is 22.4 Å². The first-order chi connectivity index (χ1) is 8.73. The van der Waals surface area contributed by atoms with Crippen molar-refractivity contribution in [2.45, 2.75) is 31.2 Å². The monoisotopic (exact) mass is 332 g/mol. The maximum atomic E-state index is 11.7. The topological polar surface area (TPSA) is 83.8 Å². The predicted octanol–water partition coefficient (Wildman–Crippen LogP) is 2.22. The number of allylic oxidation sites excluding steroid dienone is 2. The van der Waals surface area contributed by atoms with Crippen molar-refractivity contribution >= 4 is 27.9 Å². The average molecular weight is 333 g/mol. The van der Waals surface area contributed by atoms with Crippen LogP contribution in [0.15, 0.2) is 23.3 Å². The van der Waals surface area contributed by atoms with Crippen LogP contribution in [0.3, 0.4) is 0 Å². The number of hydrogen-bond acceptors (Lipinski definition) is 3. The Kier molecular flexibility index (Phi) is 4.92. The van der Waals surface area contributed by atoms with Gasteiger partial charge in [-0.3, -0.25) is 0 Å². The first-order valence-electron chi connectivity index (χ1n) is 5.87. The van der Waals surface area contributed by atoms with Crippen molar-refractivity contribution in [3.05, 3.63) is 23.3 Å². The predicted molar refractivity (Wildman–Crippen MR) is 73.3 cm³/mol. The van der Waals surface area contributed by atoms with E-state index in [2.05, 4.69) is 15.9 Å². The Hall–Kier alpha value is -1.14. The maximum absolute atomic E-state index is 11.7. The van der Waals surface area contributed by atoms with Crippen molar-refractivity contribution in [1.82, 2.24) is 0 Å². The van der Waals surface area contributed by atoms with Gasteiger partial charge in [0.25, 0.3) is 0 Å². The Morgan fingerprint density at radius 3 is 2.42 bits per heavy atom. The molecule has 0 saturated carbocycles. The van der Waals surface area contributed by atoms with Gasteiger partial charge in [-0.1, -0.05) is 41.9 Å². The van der Waals surface area contributed by atoms with Crippen LogP contribution in [0.1, 0.15) is 20.8 Å². The van der Waals surface area contributed by atoms with E-state index in [-0.39, 0.29) is 18.1 Å². The zero-order valence-corrected chi connectivity index (χ0v) is 12.6. The van der Waals surface area contributed by atoms with E-state index in [9.17, 15) is 14.7 Å². The summed E-state index contributed by atoms with van der Waals surface area (Å²) in [6.07, 6.45) is 2.88. The summed E-state index contributed by atoms with van der Waals surface area (Å²) in [6, 6.07) is 0. The number of carboxylic acid groups (broad SMARTS) is 2. The third kappa shape index (κ3) is 2.90. The average Bonchev–Trinajstić information content (AvgIpc) is 2.27. The van der Waals surface area contributed by atoms with Crippen molar-refractivity contribution in [3.8, 4) is 0 Å². The van der Waals surface area contributed by atoms with Gasteiger partial charge in [-0.2, -0.15) is 0 Å². The standard InChI is InChI=1S/C13H17BrO5/c1-7(2)6-19-13(12(17)18)8(3)4-5-9(10(13)14)11(15)16/h4-5,7,10H,6H2,1-3H3,(H,15,16)(H,17,18). The summed E-state index contributed by atoms with van der Waals surface area (Å²) in [6.45, 7) is 5.65. The summed E-state index contributed by atoms with van der Waals surface area (Å²) in [5.74, 6) is -2.22. The van der Waals surface area contributed by atoms with E-state index in [1.807, 2.05) is 13.8 Å². The normalized spacial score (nSPS) is 26.9. The van der Waals surface area contributed by atoms with Crippen LogP contribution in [0.2, 0.25) is 0 Å². The molecule has 2 N–H and O–H groups in total. The molecule has 0 aliphatic heterocycles. The molecule has 2 unspecified atom stereocenters. The molecule has 1 rings (SSSR count). The fourth-order valence-electron chi connectivity index (χ4n) is 1.85. The molecule has 1 aliphatic rings. The maximum Gasteiger partial charge on any atom is 0.341 e. The fourth-order valence-corrected chi connectivity index (χ4v) is 2.88. The second kappa shape index (κ2) is 5.88. The van der Waals surface area contributed by atoms with Gasteiger partial charge in [-0.15, -0.1) is 0 Å². The van der Waals surface area contributed by atoms with Gasteiger partial charge in [-0.05, 0) is 18.4 Å². The number of halogens is 1. The summed E-state index contributed by atoms with van der Waals surface area (Å²) in [7, 11) is 0. The first-order valence-corrected chi connectivity index (χ1v) is 6.78. The molecule has 0 radical (unpaired) electrons. The minimum atomic E-state index is -1.67. The van der Waals surface area contributed by atoms with E-state index >= 15 is 0 Å². The number of carbonyl (C=O) groups is 2. The zero-order valence-electron chi connectivity index (χ0n) is 11.0. The van der Waals surface area contributed by atoms with Crippen molar-refractivity contribution in [2.75, 3.05) is 6.61 Å². The van der Waals surface area contributed by atoms with Crippen LogP contribution in [0.25, 0.3) is 0 Å². The molecule has 0 saturated heterocycles. The van der Waals surface area contributed by atoms with Gasteiger partial charge < -0.3 is 14.9 Å². The minimum absolute atomic E-state index is 0.0308. The Balaban J connectivity index is 3.23. The summed E-state index contributed by atoms with van der Waals surface area (Å²) in [5.41, 5.74) is -1.24. The van der Waals surface area contributed by atoms with Gasteiger partial charge in [0.1, 0.15) is 0 Å². The molecule has 0 fully saturated rings. The van der Waals surface area contributed by atoms with Gasteiger partial charge in [0.05, 0.1) is 17.0 Å². The Bertz CT molecular complexity index is 452. The number of alkyl halides is 1. The lowest BCUT2D eigenvalue weighted by Crippen LogP contribution is -2.53. The van der Waals surface area contributed by atoms with Crippen molar-refractivity contribution in [2.24, 2.45) is 5.92 Å². The number of aliphatic carboxylic acids is 2. The lowest BCUT2D eigenvalue weighted by molar-refractivity contribution is -0.161. The Morgan fingerprint density at radius 2 is 2.00 bits per heavy atom. The largest absolute Gasteiger partial charge is 0.479 e. The molecular formula is C13H17BrO5. The summed E-state index contributed by atoms with van der Waals surface area (Å²) < 4.78 is 5.58. The number of rotatable bonds is 5. The molecular weight excluding hydrogens is 316 g/mol. The molecule has 0 bridgehead atoms. The molecule has 2 atom stereocenters. The van der Waals surface area contributed by atoms with Gasteiger partial charge in [0, 0.05) is 0 Å². The highest BCUT2D eigenvalue weighted by atomic mass is 79.9. The highest BCUT2D eigenvalue weighted by Crippen LogP contribution is 2.39. The molecule has 0 aromatic carbocycles. The van der Waals surface area contributed by atoms with Crippen LogP contribution in [-0.4, -0.2) is 39.2 Å². The first kappa shape index (κ1) is 15.9. The number of ether oxygens (including phenoxy) is 1. The molecule has 5 nitrogen and oxygen atoms in total. The Labute approximate surface area is 120 Å². The molecule has 0 heterocycles.